The van der Waals surface area contributed by atoms with Crippen molar-refractivity contribution in [3.8, 4) is 0 Å². The van der Waals surface area contributed by atoms with Gasteiger partial charge in [-0.15, -0.1) is 0 Å². The predicted octanol–water partition coefficient (Wildman–Crippen LogP) is 3.08. The molecule has 0 bridgehead atoms. The fourth-order valence-corrected chi connectivity index (χ4v) is 6.30. The molecule has 30 heavy (non-hydrogen) atoms. The number of carbonyl (C=O) groups excluding carboxylic acids is 1. The number of nitrogens with one attached hydrogen (secondary N) is 1. The van der Waals surface area contributed by atoms with Crippen LogP contribution in [0, 0.1) is 11.8 Å². The van der Waals surface area contributed by atoms with Crippen molar-refractivity contribution in [3.05, 3.63) is 35.4 Å². The summed E-state index contributed by atoms with van der Waals surface area (Å²) in [6, 6.07) is 8.55. The van der Waals surface area contributed by atoms with E-state index in [0.717, 1.165) is 44.9 Å². The molecule has 2 fully saturated rings. The Morgan fingerprint density at radius 3 is 2.70 bits per heavy atom. The number of piperidine rings is 1. The minimum absolute atomic E-state index is 0. The second kappa shape index (κ2) is 11.7. The Hall–Kier alpha value is -0.890. The highest BCUT2D eigenvalue weighted by atomic mass is 32.2. The summed E-state index contributed by atoms with van der Waals surface area (Å²) in [4.78, 5) is 16.9. The first-order valence-electron chi connectivity index (χ1n) is 11.3. The number of β-amino-alcohol motifs (C(OH)–C–C–N with tert-alkyl or cyclic N) is 1. The Bertz CT molecular complexity index is 684. The Balaban J connectivity index is 0.00000256. The summed E-state index contributed by atoms with van der Waals surface area (Å²) in [5, 5.41) is 13.5. The van der Waals surface area contributed by atoms with E-state index in [1.807, 2.05) is 4.90 Å². The molecule has 3 aliphatic rings. The number of carbonyl (C=O) groups is 1. The zero-order valence-electron chi connectivity index (χ0n) is 17.9. The Labute approximate surface area is 192 Å². The number of nitrogens with zero attached hydrogens (tertiary/aromatic N) is 2. The number of urea groups is 1. The minimum Gasteiger partial charge on any atom is -0.390 e. The minimum atomic E-state index is -0.528. The van der Waals surface area contributed by atoms with Crippen molar-refractivity contribution in [1.82, 2.24) is 15.1 Å². The number of amides is 2. The van der Waals surface area contributed by atoms with Crippen molar-refractivity contribution in [2.45, 2.75) is 44.8 Å². The van der Waals surface area contributed by atoms with Crippen molar-refractivity contribution >= 4 is 31.3 Å². The van der Waals surface area contributed by atoms with Gasteiger partial charge < -0.3 is 15.3 Å². The molecule has 168 valence electrons. The molecule has 2 atom stereocenters. The molecule has 3 heterocycles. The highest BCUT2D eigenvalue weighted by molar-refractivity contribution is 7.99. The van der Waals surface area contributed by atoms with Crippen LogP contribution in [0.4, 0.5) is 4.79 Å². The van der Waals surface area contributed by atoms with Crippen molar-refractivity contribution < 1.29 is 9.90 Å². The van der Waals surface area contributed by atoms with E-state index in [4.69, 9.17) is 0 Å². The Kier molecular flexibility index (Phi) is 9.23. The molecule has 0 saturated carbocycles. The zero-order chi connectivity index (χ0) is 20.1. The number of hydrogen-bond donors (Lipinski definition) is 2. The van der Waals surface area contributed by atoms with Gasteiger partial charge in [0.05, 0.1) is 6.10 Å². The third-order valence-corrected chi connectivity index (χ3v) is 7.89. The van der Waals surface area contributed by atoms with Crippen molar-refractivity contribution in [2.24, 2.45) is 11.8 Å². The molecule has 1 unspecified atom stereocenters. The van der Waals surface area contributed by atoms with Gasteiger partial charge in [-0.3, -0.25) is 4.90 Å². The Morgan fingerprint density at radius 2 is 1.90 bits per heavy atom. The highest BCUT2D eigenvalue weighted by Gasteiger charge is 2.30. The van der Waals surface area contributed by atoms with Gasteiger partial charge in [0.25, 0.3) is 0 Å². The number of hydrogen-bond acceptors (Lipinski definition) is 4. The van der Waals surface area contributed by atoms with E-state index in [9.17, 15) is 9.90 Å². The maximum absolute atomic E-state index is 12.7. The molecule has 7 heteroatoms. The number of aliphatic hydroxyl groups excluding tert-OH is 1. The Morgan fingerprint density at radius 1 is 1.13 bits per heavy atom. The van der Waals surface area contributed by atoms with Gasteiger partial charge in [-0.05, 0) is 66.6 Å². The first-order valence-corrected chi connectivity index (χ1v) is 12.4. The van der Waals surface area contributed by atoms with Crippen molar-refractivity contribution in [2.75, 3.05) is 44.2 Å². The number of likely N-dealkylation sites (tertiary alicyclic amines) is 1. The predicted molar refractivity (Wildman–Crippen MR) is 130 cm³/mol. The van der Waals surface area contributed by atoms with Crippen LogP contribution in [0.5, 0.6) is 0 Å². The van der Waals surface area contributed by atoms with Crippen LogP contribution >= 0.6 is 25.3 Å². The fraction of sp³-hybridized carbons (Fsp3) is 0.696. The highest BCUT2D eigenvalue weighted by Crippen LogP contribution is 2.33. The lowest BCUT2D eigenvalue weighted by atomic mass is 9.82. The first kappa shape index (κ1) is 23.8. The first-order chi connectivity index (χ1) is 14.2. The number of fused-ring (bicyclic) bond motifs is 1. The maximum atomic E-state index is 12.7. The monoisotopic (exact) mass is 451 g/mol. The molecule has 4 rings (SSSR count). The van der Waals surface area contributed by atoms with E-state index in [-0.39, 0.29) is 19.5 Å². The van der Waals surface area contributed by atoms with Crippen LogP contribution in [-0.4, -0.2) is 71.3 Å². The molecule has 2 N–H and O–H groups in total. The molecule has 0 radical (unpaired) electrons. The van der Waals surface area contributed by atoms with Crippen LogP contribution in [0.15, 0.2) is 24.3 Å². The van der Waals surface area contributed by atoms with Gasteiger partial charge in [0.1, 0.15) is 0 Å². The van der Waals surface area contributed by atoms with E-state index in [1.54, 1.807) is 0 Å². The smallest absolute Gasteiger partial charge is 0.317 e. The van der Waals surface area contributed by atoms with Gasteiger partial charge in [0, 0.05) is 39.3 Å². The average Bonchev–Trinajstić information content (AvgIpc) is 2.78. The van der Waals surface area contributed by atoms with Gasteiger partial charge in [-0.2, -0.15) is 25.3 Å². The lowest BCUT2D eigenvalue weighted by Crippen LogP contribution is -2.49. The number of benzene rings is 1. The molecule has 1 aromatic carbocycles. The summed E-state index contributed by atoms with van der Waals surface area (Å²) < 4.78 is 0. The summed E-state index contributed by atoms with van der Waals surface area (Å²) in [5.74, 6) is 4.01. The van der Waals surface area contributed by atoms with Gasteiger partial charge in [0.15, 0.2) is 0 Å². The van der Waals surface area contributed by atoms with E-state index < -0.39 is 6.10 Å². The zero-order valence-corrected chi connectivity index (χ0v) is 19.7. The third-order valence-electron chi connectivity index (χ3n) is 6.85. The molecule has 1 aromatic rings. The summed E-state index contributed by atoms with van der Waals surface area (Å²) in [7, 11) is 0. The molecule has 0 aliphatic carbocycles. The molecule has 3 aliphatic heterocycles. The number of thioether (sulfide) groups is 1. The van der Waals surface area contributed by atoms with Crippen LogP contribution < -0.4 is 5.32 Å². The van der Waals surface area contributed by atoms with E-state index in [2.05, 4.69) is 46.2 Å². The molecule has 5 nitrogen and oxygen atoms in total. The van der Waals surface area contributed by atoms with Crippen LogP contribution in [0.25, 0.3) is 0 Å². The number of rotatable bonds is 5. The van der Waals surface area contributed by atoms with E-state index in [0.29, 0.717) is 19.0 Å². The number of aliphatic hydroxyl groups is 1. The maximum Gasteiger partial charge on any atom is 0.317 e. The normalized spacial score (nSPS) is 23.9. The quantitative estimate of drug-likeness (QED) is 0.722. The van der Waals surface area contributed by atoms with Crippen molar-refractivity contribution in [3.63, 3.8) is 0 Å². The van der Waals surface area contributed by atoms with Crippen LogP contribution in [0.3, 0.4) is 0 Å². The van der Waals surface area contributed by atoms with Crippen molar-refractivity contribution in [1.29, 1.82) is 0 Å². The second-order valence-corrected chi connectivity index (χ2v) is 10.1. The SMILES string of the molecule is O=C(NC[C@H](O)CN1CCc2ccccc2C1)N1CCCC(C2CCSCC2)C1.S. The second-order valence-electron chi connectivity index (χ2n) is 8.89. The average molecular weight is 452 g/mol. The van der Waals surface area contributed by atoms with Gasteiger partial charge in [0.2, 0.25) is 0 Å². The fourth-order valence-electron chi connectivity index (χ4n) is 5.16. The topological polar surface area (TPSA) is 55.8 Å². The molecular formula is C23H37N3O2S2. The molecule has 2 amide bonds. The summed E-state index contributed by atoms with van der Waals surface area (Å²) >= 11 is 2.07. The van der Waals surface area contributed by atoms with Crippen LogP contribution in [0.1, 0.15) is 36.8 Å². The molecule has 0 aromatic heterocycles. The molecule has 2 saturated heterocycles. The van der Waals surface area contributed by atoms with Crippen LogP contribution in [-0.2, 0) is 13.0 Å². The van der Waals surface area contributed by atoms with E-state index in [1.165, 1.54) is 41.9 Å². The van der Waals surface area contributed by atoms with Gasteiger partial charge >= 0.3 is 6.03 Å². The van der Waals surface area contributed by atoms with E-state index >= 15 is 0 Å². The lowest BCUT2D eigenvalue weighted by molar-refractivity contribution is 0.0992. The van der Waals surface area contributed by atoms with Crippen LogP contribution in [0.2, 0.25) is 0 Å². The van der Waals surface area contributed by atoms with Gasteiger partial charge in [-0.1, -0.05) is 24.3 Å². The third kappa shape index (κ3) is 6.31. The largest absolute Gasteiger partial charge is 0.390 e. The lowest BCUT2D eigenvalue weighted by Gasteiger charge is -2.38. The summed E-state index contributed by atoms with van der Waals surface area (Å²) in [5.41, 5.74) is 2.78. The standard InChI is InChI=1S/C23H35N3O2S.H2S/c27-22(17-25-11-7-18-4-1-2-5-20(18)15-25)14-24-23(28)26-10-3-6-21(16-26)19-8-12-29-13-9-19;/h1-2,4-5,19,21-22,27H,3,6-17H2,(H,24,28);1H2/t21?,22-;/m0./s1. The van der Waals surface area contributed by atoms with Gasteiger partial charge in [-0.25, -0.2) is 4.79 Å². The summed E-state index contributed by atoms with van der Waals surface area (Å²) in [6.45, 7) is 4.53. The summed E-state index contributed by atoms with van der Waals surface area (Å²) in [6.07, 6.45) is 5.49. The molecular weight excluding hydrogens is 414 g/mol. The molecule has 0 spiro atoms.